The van der Waals surface area contributed by atoms with Crippen molar-refractivity contribution in [1.29, 1.82) is 5.41 Å². The zero-order valence-corrected chi connectivity index (χ0v) is 3.47. The Morgan fingerprint density at radius 3 is 1.83 bits per heavy atom. The molecular formula is C2H2ClF2N. The normalized spacial score (nSPS) is 9.33. The van der Waals surface area contributed by atoms with Crippen LogP contribution in [0.4, 0.5) is 8.78 Å². The summed E-state index contributed by atoms with van der Waals surface area (Å²) in [6.45, 7) is 0. The summed E-state index contributed by atoms with van der Waals surface area (Å²) in [6, 6.07) is 0. The van der Waals surface area contributed by atoms with Crippen LogP contribution in [0.3, 0.4) is 0 Å². The van der Waals surface area contributed by atoms with Crippen molar-refractivity contribution in [1.82, 2.24) is 0 Å². The molecule has 0 heterocycles. The van der Waals surface area contributed by atoms with Crippen molar-refractivity contribution in [2.75, 3.05) is 0 Å². The molecule has 0 aromatic carbocycles. The summed E-state index contributed by atoms with van der Waals surface area (Å²) in [7, 11) is 0. The molecule has 0 fully saturated rings. The van der Waals surface area contributed by atoms with Gasteiger partial charge in [-0.1, -0.05) is 11.6 Å². The third-order valence-corrected chi connectivity index (χ3v) is 0.357. The van der Waals surface area contributed by atoms with Crippen LogP contribution < -0.4 is 0 Å². The van der Waals surface area contributed by atoms with Gasteiger partial charge in [0.15, 0.2) is 5.17 Å². The Morgan fingerprint density at radius 2 is 1.83 bits per heavy atom. The molecule has 36 valence electrons. The van der Waals surface area contributed by atoms with E-state index in [1.54, 1.807) is 0 Å². The van der Waals surface area contributed by atoms with Gasteiger partial charge >= 0.3 is 0 Å². The fraction of sp³-hybridized carbons (Fsp3) is 0.500. The Kier molecular flexibility index (Phi) is 2.01. The molecule has 0 aromatic rings. The van der Waals surface area contributed by atoms with Crippen molar-refractivity contribution < 1.29 is 8.78 Å². The van der Waals surface area contributed by atoms with E-state index in [1.807, 2.05) is 0 Å². The summed E-state index contributed by atoms with van der Waals surface area (Å²) < 4.78 is 21.6. The minimum Gasteiger partial charge on any atom is -0.288 e. The zero-order chi connectivity index (χ0) is 5.15. The maximum absolute atomic E-state index is 10.8. The summed E-state index contributed by atoms with van der Waals surface area (Å²) in [5.41, 5.74) is 0. The Morgan fingerprint density at radius 1 is 1.67 bits per heavy atom. The quantitative estimate of drug-likeness (QED) is 0.498. The van der Waals surface area contributed by atoms with Crippen LogP contribution in [0.5, 0.6) is 0 Å². The molecule has 0 unspecified atom stereocenters. The predicted molar refractivity (Wildman–Crippen MR) is 19.6 cm³/mol. The lowest BCUT2D eigenvalue weighted by molar-refractivity contribution is 0.228. The van der Waals surface area contributed by atoms with Gasteiger partial charge in [-0.15, -0.1) is 0 Å². The Hall–Kier alpha value is -0.180. The highest BCUT2D eigenvalue weighted by atomic mass is 35.5. The van der Waals surface area contributed by atoms with Crippen LogP contribution in [0, 0.1) is 5.41 Å². The summed E-state index contributed by atoms with van der Waals surface area (Å²) in [4.78, 5) is 0. The minimum atomic E-state index is -2.80. The topological polar surface area (TPSA) is 23.9 Å². The van der Waals surface area contributed by atoms with Crippen LogP contribution >= 0.6 is 11.6 Å². The third kappa shape index (κ3) is 2.08. The molecule has 1 N–H and O–H groups in total. The summed E-state index contributed by atoms with van der Waals surface area (Å²) >= 11 is 4.45. The van der Waals surface area contributed by atoms with Crippen molar-refractivity contribution in [2.24, 2.45) is 0 Å². The lowest BCUT2D eigenvalue weighted by Gasteiger charge is -1.83. The van der Waals surface area contributed by atoms with E-state index in [2.05, 4.69) is 11.6 Å². The maximum Gasteiger partial charge on any atom is 0.290 e. The van der Waals surface area contributed by atoms with Crippen LogP contribution in [0.2, 0.25) is 0 Å². The van der Waals surface area contributed by atoms with Gasteiger partial charge in [-0.2, -0.15) is 0 Å². The SMILES string of the molecule is N=C(Cl)C(F)F. The van der Waals surface area contributed by atoms with Crippen LogP contribution in [0.25, 0.3) is 0 Å². The molecule has 0 saturated heterocycles. The van der Waals surface area contributed by atoms with Crippen molar-refractivity contribution in [3.8, 4) is 0 Å². The number of rotatable bonds is 1. The molecule has 0 radical (unpaired) electrons. The van der Waals surface area contributed by atoms with Gasteiger partial charge in [0.05, 0.1) is 0 Å². The molecule has 0 bridgehead atoms. The van der Waals surface area contributed by atoms with Crippen LogP contribution in [0.15, 0.2) is 0 Å². The smallest absolute Gasteiger partial charge is 0.288 e. The van der Waals surface area contributed by atoms with Gasteiger partial charge in [-0.3, -0.25) is 5.41 Å². The second-order valence-electron chi connectivity index (χ2n) is 0.649. The van der Waals surface area contributed by atoms with E-state index in [0.717, 1.165) is 0 Å². The predicted octanol–water partition coefficient (Wildman–Crippen LogP) is 1.47. The largest absolute Gasteiger partial charge is 0.290 e. The van der Waals surface area contributed by atoms with E-state index in [-0.39, 0.29) is 0 Å². The highest BCUT2D eigenvalue weighted by Gasteiger charge is 2.04. The molecule has 0 aliphatic rings. The first-order valence-electron chi connectivity index (χ1n) is 1.16. The summed E-state index contributed by atoms with van der Waals surface area (Å²) in [5, 5.41) is 4.86. The number of hydrogen-bond donors (Lipinski definition) is 1. The van der Waals surface area contributed by atoms with Gasteiger partial charge in [0.25, 0.3) is 6.43 Å². The van der Waals surface area contributed by atoms with Crippen molar-refractivity contribution in [2.45, 2.75) is 6.43 Å². The molecule has 0 rings (SSSR count). The average molecular weight is 113 g/mol. The van der Waals surface area contributed by atoms with Crippen molar-refractivity contribution in [3.05, 3.63) is 0 Å². The Bertz CT molecular complexity index is 62.6. The van der Waals surface area contributed by atoms with E-state index in [0.29, 0.717) is 0 Å². The Labute approximate surface area is 38.4 Å². The summed E-state index contributed by atoms with van der Waals surface area (Å²) in [6.07, 6.45) is -2.80. The molecular weight excluding hydrogens is 111 g/mol. The van der Waals surface area contributed by atoms with E-state index >= 15 is 0 Å². The maximum atomic E-state index is 10.8. The van der Waals surface area contributed by atoms with Gasteiger partial charge in [-0.05, 0) is 0 Å². The molecule has 1 nitrogen and oxygen atoms in total. The van der Waals surface area contributed by atoms with Gasteiger partial charge < -0.3 is 0 Å². The van der Waals surface area contributed by atoms with Crippen molar-refractivity contribution in [3.63, 3.8) is 0 Å². The molecule has 0 atom stereocenters. The van der Waals surface area contributed by atoms with E-state index < -0.39 is 11.6 Å². The van der Waals surface area contributed by atoms with Crippen LogP contribution in [-0.4, -0.2) is 11.6 Å². The molecule has 0 amide bonds. The number of alkyl halides is 2. The minimum absolute atomic E-state index is 1.10. The van der Waals surface area contributed by atoms with Gasteiger partial charge in [0, 0.05) is 0 Å². The monoisotopic (exact) mass is 113 g/mol. The number of nitrogens with one attached hydrogen (secondary N) is 1. The summed E-state index contributed by atoms with van der Waals surface area (Å²) in [5.74, 6) is 0. The second kappa shape index (κ2) is 2.08. The lowest BCUT2D eigenvalue weighted by Crippen LogP contribution is -1.97. The zero-order valence-electron chi connectivity index (χ0n) is 2.71. The average Bonchev–Trinajstić information content (AvgIpc) is 1.36. The molecule has 6 heavy (non-hydrogen) atoms. The fourth-order valence-electron chi connectivity index (χ4n) is 0. The molecule has 0 aliphatic carbocycles. The first kappa shape index (κ1) is 5.82. The highest BCUT2D eigenvalue weighted by Crippen LogP contribution is 1.96. The molecule has 0 saturated carbocycles. The van der Waals surface area contributed by atoms with Crippen molar-refractivity contribution >= 4 is 16.8 Å². The standard InChI is InChI=1S/C2H2ClF2N/c3-1(6)2(4)5/h2,6H. The lowest BCUT2D eigenvalue weighted by atomic mass is 10.8. The highest BCUT2D eigenvalue weighted by molar-refractivity contribution is 6.65. The van der Waals surface area contributed by atoms with Crippen LogP contribution in [-0.2, 0) is 0 Å². The second-order valence-corrected chi connectivity index (χ2v) is 1.06. The third-order valence-electron chi connectivity index (χ3n) is 0.192. The van der Waals surface area contributed by atoms with E-state index in [4.69, 9.17) is 5.41 Å². The Balaban J connectivity index is 3.26. The van der Waals surface area contributed by atoms with Gasteiger partial charge in [0.2, 0.25) is 0 Å². The fourth-order valence-corrected chi connectivity index (χ4v) is 0. The van der Waals surface area contributed by atoms with E-state index in [9.17, 15) is 8.78 Å². The van der Waals surface area contributed by atoms with E-state index in [1.165, 1.54) is 0 Å². The van der Waals surface area contributed by atoms with Crippen LogP contribution in [0.1, 0.15) is 0 Å². The number of halogens is 3. The van der Waals surface area contributed by atoms with Gasteiger partial charge in [0.1, 0.15) is 0 Å². The van der Waals surface area contributed by atoms with Gasteiger partial charge in [-0.25, -0.2) is 8.78 Å². The molecule has 0 aromatic heterocycles. The first-order valence-corrected chi connectivity index (χ1v) is 1.54. The molecule has 4 heteroatoms. The number of hydrogen-bond acceptors (Lipinski definition) is 1. The first-order chi connectivity index (χ1) is 2.64. The molecule has 0 spiro atoms. The molecule has 0 aliphatic heterocycles.